The van der Waals surface area contributed by atoms with Gasteiger partial charge >= 0.3 is 0 Å². The van der Waals surface area contributed by atoms with Gasteiger partial charge in [-0.05, 0) is 38.1 Å². The molecule has 0 aromatic carbocycles. The van der Waals surface area contributed by atoms with E-state index in [0.29, 0.717) is 0 Å². The van der Waals surface area contributed by atoms with E-state index in [1.54, 1.807) is 0 Å². The van der Waals surface area contributed by atoms with Crippen LogP contribution < -0.4 is 5.32 Å². The monoisotopic (exact) mass is 266 g/mol. The number of furan rings is 1. The molecule has 1 aromatic heterocycles. The Morgan fingerprint density at radius 3 is 3.06 bits per heavy atom. The van der Waals surface area contributed by atoms with Crippen molar-refractivity contribution in [2.24, 2.45) is 0 Å². The van der Waals surface area contributed by atoms with Crippen molar-refractivity contribution in [3.63, 3.8) is 0 Å². The molecule has 3 rings (SSSR count). The summed E-state index contributed by atoms with van der Waals surface area (Å²) < 4.78 is 5.66. The topological polar surface area (TPSA) is 28.4 Å². The van der Waals surface area contributed by atoms with Gasteiger partial charge in [-0.25, -0.2) is 0 Å². The highest BCUT2D eigenvalue weighted by Gasteiger charge is 2.23. The number of hydrogen-bond donors (Lipinski definition) is 1. The van der Waals surface area contributed by atoms with Gasteiger partial charge < -0.3 is 9.73 Å². The Morgan fingerprint density at radius 2 is 2.33 bits per heavy atom. The predicted octanol–water partition coefficient (Wildman–Crippen LogP) is 2.47. The zero-order chi connectivity index (χ0) is 12.4. The first-order valence-electron chi connectivity index (χ1n) is 6.89. The van der Waals surface area contributed by atoms with Crippen molar-refractivity contribution < 1.29 is 4.42 Å². The van der Waals surface area contributed by atoms with Gasteiger partial charge in [0, 0.05) is 29.9 Å². The van der Waals surface area contributed by atoms with E-state index in [-0.39, 0.29) is 0 Å². The van der Waals surface area contributed by atoms with Crippen LogP contribution in [0.1, 0.15) is 30.6 Å². The molecule has 1 aliphatic heterocycles. The first kappa shape index (κ1) is 12.6. The second-order valence-corrected chi connectivity index (χ2v) is 6.61. The molecular weight excluding hydrogens is 244 g/mol. The molecule has 100 valence electrons. The van der Waals surface area contributed by atoms with Crippen LogP contribution in [0.3, 0.4) is 0 Å². The summed E-state index contributed by atoms with van der Waals surface area (Å²) in [7, 11) is 2.22. The number of rotatable bonds is 6. The molecule has 1 aromatic rings. The van der Waals surface area contributed by atoms with Crippen LogP contribution in [-0.4, -0.2) is 35.5 Å². The molecule has 2 aliphatic rings. The van der Waals surface area contributed by atoms with Gasteiger partial charge in [-0.3, -0.25) is 4.90 Å². The predicted molar refractivity (Wildman–Crippen MR) is 75.8 cm³/mol. The average Bonchev–Trinajstić information content (AvgIpc) is 2.88. The molecule has 2 fully saturated rings. The SMILES string of the molecule is CN(Cc1occc1CNC1CC1)C1CCSC1. The Balaban J connectivity index is 1.55. The van der Waals surface area contributed by atoms with Crippen molar-refractivity contribution in [1.29, 1.82) is 0 Å². The zero-order valence-electron chi connectivity index (χ0n) is 11.0. The van der Waals surface area contributed by atoms with Gasteiger partial charge in [-0.2, -0.15) is 11.8 Å². The van der Waals surface area contributed by atoms with Crippen molar-refractivity contribution in [3.05, 3.63) is 23.7 Å². The first-order chi connectivity index (χ1) is 8.83. The van der Waals surface area contributed by atoms with Crippen LogP contribution >= 0.6 is 11.8 Å². The Labute approximate surface area is 113 Å². The summed E-state index contributed by atoms with van der Waals surface area (Å²) in [6.45, 7) is 1.91. The lowest BCUT2D eigenvalue weighted by atomic mass is 10.2. The fourth-order valence-corrected chi connectivity index (χ4v) is 3.73. The van der Waals surface area contributed by atoms with Gasteiger partial charge in [0.1, 0.15) is 5.76 Å². The van der Waals surface area contributed by atoms with E-state index in [0.717, 1.165) is 30.9 Å². The smallest absolute Gasteiger partial charge is 0.122 e. The van der Waals surface area contributed by atoms with Crippen molar-refractivity contribution >= 4 is 11.8 Å². The number of hydrogen-bond acceptors (Lipinski definition) is 4. The van der Waals surface area contributed by atoms with E-state index in [2.05, 4.69) is 35.1 Å². The highest BCUT2D eigenvalue weighted by molar-refractivity contribution is 7.99. The molecule has 1 aliphatic carbocycles. The van der Waals surface area contributed by atoms with E-state index in [1.165, 1.54) is 36.3 Å². The van der Waals surface area contributed by atoms with E-state index in [4.69, 9.17) is 4.42 Å². The maximum absolute atomic E-state index is 5.66. The van der Waals surface area contributed by atoms with Gasteiger partial charge in [0.05, 0.1) is 12.8 Å². The molecule has 0 amide bonds. The fourth-order valence-electron chi connectivity index (χ4n) is 2.43. The van der Waals surface area contributed by atoms with Gasteiger partial charge in [-0.15, -0.1) is 0 Å². The average molecular weight is 266 g/mol. The lowest BCUT2D eigenvalue weighted by Crippen LogP contribution is -2.31. The first-order valence-corrected chi connectivity index (χ1v) is 8.05. The normalized spacial score (nSPS) is 24.0. The highest BCUT2D eigenvalue weighted by Crippen LogP contribution is 2.24. The van der Waals surface area contributed by atoms with E-state index >= 15 is 0 Å². The third-order valence-corrected chi connectivity index (χ3v) is 5.06. The van der Waals surface area contributed by atoms with Crippen LogP contribution in [0.15, 0.2) is 16.7 Å². The second-order valence-electron chi connectivity index (χ2n) is 5.46. The maximum atomic E-state index is 5.66. The Hall–Kier alpha value is -0.450. The van der Waals surface area contributed by atoms with Crippen LogP contribution in [0.5, 0.6) is 0 Å². The summed E-state index contributed by atoms with van der Waals surface area (Å²) in [5, 5.41) is 3.56. The molecule has 18 heavy (non-hydrogen) atoms. The number of nitrogens with one attached hydrogen (secondary N) is 1. The van der Waals surface area contributed by atoms with Gasteiger partial charge in [0.2, 0.25) is 0 Å². The summed E-state index contributed by atoms with van der Waals surface area (Å²) in [5.74, 6) is 3.72. The molecule has 2 heterocycles. The summed E-state index contributed by atoms with van der Waals surface area (Å²) >= 11 is 2.07. The fraction of sp³-hybridized carbons (Fsp3) is 0.714. The molecule has 3 nitrogen and oxygen atoms in total. The van der Waals surface area contributed by atoms with Crippen molar-refractivity contribution in [1.82, 2.24) is 10.2 Å². The summed E-state index contributed by atoms with van der Waals surface area (Å²) in [4.78, 5) is 2.44. The van der Waals surface area contributed by atoms with Gasteiger partial charge in [-0.1, -0.05) is 0 Å². The van der Waals surface area contributed by atoms with Crippen molar-refractivity contribution in [3.8, 4) is 0 Å². The Bertz CT molecular complexity index is 383. The molecule has 0 bridgehead atoms. The third kappa shape index (κ3) is 3.11. The lowest BCUT2D eigenvalue weighted by molar-refractivity contribution is 0.233. The quantitative estimate of drug-likeness (QED) is 0.856. The molecule has 1 atom stereocenters. The second kappa shape index (κ2) is 5.68. The molecule has 1 N–H and O–H groups in total. The lowest BCUT2D eigenvalue weighted by Gasteiger charge is -2.22. The van der Waals surface area contributed by atoms with E-state index < -0.39 is 0 Å². The van der Waals surface area contributed by atoms with Gasteiger partial charge in [0.25, 0.3) is 0 Å². The minimum absolute atomic E-state index is 0.726. The van der Waals surface area contributed by atoms with Crippen LogP contribution in [0.4, 0.5) is 0 Å². The standard InChI is InChI=1S/C14H22N2OS/c1-16(13-5-7-18-10-13)9-14-11(4-6-17-14)8-15-12-2-3-12/h4,6,12-13,15H,2-3,5,7-10H2,1H3. The molecule has 0 radical (unpaired) electrons. The van der Waals surface area contributed by atoms with E-state index in [1.807, 2.05) is 6.26 Å². The largest absolute Gasteiger partial charge is 0.468 e. The summed E-state index contributed by atoms with van der Waals surface area (Å²) in [6, 6.07) is 3.60. The Morgan fingerprint density at radius 1 is 1.44 bits per heavy atom. The van der Waals surface area contributed by atoms with Crippen LogP contribution in [0.25, 0.3) is 0 Å². The maximum Gasteiger partial charge on any atom is 0.122 e. The van der Waals surface area contributed by atoms with Gasteiger partial charge in [0.15, 0.2) is 0 Å². The highest BCUT2D eigenvalue weighted by atomic mass is 32.2. The van der Waals surface area contributed by atoms with E-state index in [9.17, 15) is 0 Å². The molecule has 0 spiro atoms. The summed E-state index contributed by atoms with van der Waals surface area (Å²) in [5.41, 5.74) is 1.33. The van der Waals surface area contributed by atoms with Crippen LogP contribution in [-0.2, 0) is 13.1 Å². The number of nitrogens with zero attached hydrogens (tertiary/aromatic N) is 1. The third-order valence-electron chi connectivity index (χ3n) is 3.92. The Kier molecular flexibility index (Phi) is 3.97. The van der Waals surface area contributed by atoms with Crippen molar-refractivity contribution in [2.75, 3.05) is 18.6 Å². The molecular formula is C14H22N2OS. The molecule has 1 saturated carbocycles. The molecule has 4 heteroatoms. The zero-order valence-corrected chi connectivity index (χ0v) is 11.8. The van der Waals surface area contributed by atoms with Crippen LogP contribution in [0.2, 0.25) is 0 Å². The minimum atomic E-state index is 0.726. The summed E-state index contributed by atoms with van der Waals surface area (Å²) in [6.07, 6.45) is 5.83. The molecule has 1 unspecified atom stereocenters. The van der Waals surface area contributed by atoms with Crippen molar-refractivity contribution in [2.45, 2.75) is 44.4 Å². The minimum Gasteiger partial charge on any atom is -0.468 e. The molecule has 1 saturated heterocycles. The number of thioether (sulfide) groups is 1. The van der Waals surface area contributed by atoms with Crippen LogP contribution in [0, 0.1) is 0 Å².